The Kier molecular flexibility index (Phi) is 4.44. The van der Waals surface area contributed by atoms with Crippen molar-refractivity contribution in [2.24, 2.45) is 11.7 Å². The maximum absolute atomic E-state index is 5.72. The Labute approximate surface area is 109 Å². The van der Waals surface area contributed by atoms with Gasteiger partial charge in [0.25, 0.3) is 0 Å². The third-order valence-electron chi connectivity index (χ3n) is 3.58. The molecule has 0 amide bonds. The Hall–Kier alpha value is -1.26. The Morgan fingerprint density at radius 1 is 1.33 bits per heavy atom. The highest BCUT2D eigenvalue weighted by Gasteiger charge is 2.22. The van der Waals surface area contributed by atoms with Crippen LogP contribution in [0.3, 0.4) is 0 Å². The quantitative estimate of drug-likeness (QED) is 0.860. The number of para-hydroxylation sites is 1. The Bertz CT molecular complexity index is 395. The first-order chi connectivity index (χ1) is 8.78. The first kappa shape index (κ1) is 13.2. The fourth-order valence-electron chi connectivity index (χ4n) is 2.57. The van der Waals surface area contributed by atoms with Crippen molar-refractivity contribution in [2.45, 2.75) is 13.0 Å². The van der Waals surface area contributed by atoms with E-state index in [-0.39, 0.29) is 0 Å². The molecule has 1 unspecified atom stereocenters. The van der Waals surface area contributed by atoms with E-state index in [0.29, 0.717) is 5.92 Å². The molecular weight excluding hydrogens is 228 g/mol. The van der Waals surface area contributed by atoms with E-state index in [1.807, 2.05) is 12.1 Å². The first-order valence-electron chi connectivity index (χ1n) is 6.40. The largest absolute Gasteiger partial charge is 0.493 e. The molecule has 4 heteroatoms. The summed E-state index contributed by atoms with van der Waals surface area (Å²) in [4.78, 5) is 2.43. The lowest BCUT2D eigenvalue weighted by Gasteiger charge is -2.19. The van der Waals surface area contributed by atoms with Gasteiger partial charge in [0.2, 0.25) is 0 Å². The molecule has 0 aliphatic carbocycles. The van der Waals surface area contributed by atoms with Crippen LogP contribution in [0.5, 0.6) is 11.5 Å². The molecular formula is C14H22N2O2. The summed E-state index contributed by atoms with van der Waals surface area (Å²) in [6.45, 7) is 3.88. The average Bonchev–Trinajstić information content (AvgIpc) is 2.86. The maximum atomic E-state index is 5.72. The second kappa shape index (κ2) is 6.07. The topological polar surface area (TPSA) is 47.7 Å². The summed E-state index contributed by atoms with van der Waals surface area (Å²) >= 11 is 0. The van der Waals surface area contributed by atoms with Crippen molar-refractivity contribution in [1.29, 1.82) is 0 Å². The van der Waals surface area contributed by atoms with Crippen LogP contribution < -0.4 is 15.2 Å². The van der Waals surface area contributed by atoms with E-state index in [0.717, 1.165) is 37.7 Å². The van der Waals surface area contributed by atoms with Gasteiger partial charge in [-0.05, 0) is 31.5 Å². The maximum Gasteiger partial charge on any atom is 0.165 e. The Balaban J connectivity index is 2.09. The number of methoxy groups -OCH3 is 2. The molecule has 1 aliphatic rings. The van der Waals surface area contributed by atoms with E-state index in [2.05, 4.69) is 11.0 Å². The summed E-state index contributed by atoms with van der Waals surface area (Å²) < 4.78 is 10.8. The van der Waals surface area contributed by atoms with Gasteiger partial charge in [-0.3, -0.25) is 4.90 Å². The second-order valence-electron chi connectivity index (χ2n) is 4.78. The van der Waals surface area contributed by atoms with Crippen LogP contribution in [0.4, 0.5) is 0 Å². The number of rotatable bonds is 5. The van der Waals surface area contributed by atoms with E-state index < -0.39 is 0 Å². The number of nitrogens with zero attached hydrogens (tertiary/aromatic N) is 1. The molecule has 4 nitrogen and oxygen atoms in total. The van der Waals surface area contributed by atoms with Crippen molar-refractivity contribution in [1.82, 2.24) is 4.90 Å². The van der Waals surface area contributed by atoms with Crippen molar-refractivity contribution >= 4 is 0 Å². The lowest BCUT2D eigenvalue weighted by atomic mass is 10.1. The molecule has 1 fully saturated rings. The Morgan fingerprint density at radius 3 is 2.78 bits per heavy atom. The van der Waals surface area contributed by atoms with E-state index in [9.17, 15) is 0 Å². The molecule has 18 heavy (non-hydrogen) atoms. The van der Waals surface area contributed by atoms with Gasteiger partial charge in [0.05, 0.1) is 14.2 Å². The van der Waals surface area contributed by atoms with E-state index in [1.165, 1.54) is 12.0 Å². The lowest BCUT2D eigenvalue weighted by Crippen LogP contribution is -2.23. The summed E-state index contributed by atoms with van der Waals surface area (Å²) in [6.07, 6.45) is 1.20. The predicted octanol–water partition coefficient (Wildman–Crippen LogP) is 1.48. The zero-order chi connectivity index (χ0) is 13.0. The van der Waals surface area contributed by atoms with Crippen molar-refractivity contribution in [3.8, 4) is 11.5 Å². The van der Waals surface area contributed by atoms with Crippen LogP contribution in [0.2, 0.25) is 0 Å². The minimum Gasteiger partial charge on any atom is -0.493 e. The van der Waals surface area contributed by atoms with Crippen LogP contribution in [0.15, 0.2) is 18.2 Å². The highest BCUT2D eigenvalue weighted by atomic mass is 16.5. The minimum atomic E-state index is 0.640. The third kappa shape index (κ3) is 2.76. The van der Waals surface area contributed by atoms with E-state index >= 15 is 0 Å². The van der Waals surface area contributed by atoms with Gasteiger partial charge in [0.1, 0.15) is 0 Å². The van der Waals surface area contributed by atoms with Crippen LogP contribution >= 0.6 is 0 Å². The summed E-state index contributed by atoms with van der Waals surface area (Å²) in [5.41, 5.74) is 6.90. The summed E-state index contributed by atoms with van der Waals surface area (Å²) in [7, 11) is 3.36. The average molecular weight is 250 g/mol. The van der Waals surface area contributed by atoms with Gasteiger partial charge in [-0.15, -0.1) is 0 Å². The molecule has 0 radical (unpaired) electrons. The minimum absolute atomic E-state index is 0.640. The molecule has 1 atom stereocenters. The summed E-state index contributed by atoms with van der Waals surface area (Å²) in [5.74, 6) is 2.28. The number of hydrogen-bond acceptors (Lipinski definition) is 4. The monoisotopic (exact) mass is 250 g/mol. The Morgan fingerprint density at radius 2 is 2.17 bits per heavy atom. The molecule has 1 heterocycles. The molecule has 2 rings (SSSR count). The normalized spacial score (nSPS) is 20.1. The van der Waals surface area contributed by atoms with E-state index in [1.54, 1.807) is 14.2 Å². The van der Waals surface area contributed by atoms with Crippen LogP contribution in [0, 0.1) is 5.92 Å². The number of hydrogen-bond donors (Lipinski definition) is 1. The highest BCUT2D eigenvalue weighted by Crippen LogP contribution is 2.32. The molecule has 0 aromatic heterocycles. The van der Waals surface area contributed by atoms with Gasteiger partial charge in [-0.1, -0.05) is 12.1 Å². The molecule has 0 bridgehead atoms. The van der Waals surface area contributed by atoms with Gasteiger partial charge in [-0.2, -0.15) is 0 Å². The molecule has 1 aromatic carbocycles. The molecule has 0 spiro atoms. The van der Waals surface area contributed by atoms with Crippen LogP contribution in [0.1, 0.15) is 12.0 Å². The van der Waals surface area contributed by atoms with Crippen molar-refractivity contribution in [3.63, 3.8) is 0 Å². The van der Waals surface area contributed by atoms with E-state index in [4.69, 9.17) is 15.2 Å². The van der Waals surface area contributed by atoms with Gasteiger partial charge in [-0.25, -0.2) is 0 Å². The zero-order valence-corrected chi connectivity index (χ0v) is 11.2. The van der Waals surface area contributed by atoms with Gasteiger partial charge < -0.3 is 15.2 Å². The number of benzene rings is 1. The summed E-state index contributed by atoms with van der Waals surface area (Å²) in [6, 6.07) is 6.03. The number of ether oxygens (including phenoxy) is 2. The molecule has 0 saturated carbocycles. The number of nitrogens with two attached hydrogens (primary N) is 1. The molecule has 1 saturated heterocycles. The van der Waals surface area contributed by atoms with Crippen molar-refractivity contribution in [3.05, 3.63) is 23.8 Å². The van der Waals surface area contributed by atoms with Crippen molar-refractivity contribution < 1.29 is 9.47 Å². The number of likely N-dealkylation sites (tertiary alicyclic amines) is 1. The SMILES string of the molecule is COc1cccc(CN2CCC(CN)C2)c1OC. The standard InChI is InChI=1S/C14H22N2O2/c1-17-13-5-3-4-12(14(13)18-2)10-16-7-6-11(8-15)9-16/h3-5,11H,6-10,15H2,1-2H3. The van der Waals surface area contributed by atoms with Gasteiger partial charge in [0.15, 0.2) is 11.5 Å². The van der Waals surface area contributed by atoms with Crippen LogP contribution in [-0.2, 0) is 6.54 Å². The smallest absolute Gasteiger partial charge is 0.165 e. The lowest BCUT2D eigenvalue weighted by molar-refractivity contribution is 0.303. The fraction of sp³-hybridized carbons (Fsp3) is 0.571. The van der Waals surface area contributed by atoms with Crippen molar-refractivity contribution in [2.75, 3.05) is 33.9 Å². The van der Waals surface area contributed by atoms with Crippen LogP contribution in [-0.4, -0.2) is 38.8 Å². The van der Waals surface area contributed by atoms with Gasteiger partial charge in [0, 0.05) is 18.7 Å². The molecule has 100 valence electrons. The molecule has 1 aromatic rings. The zero-order valence-electron chi connectivity index (χ0n) is 11.2. The highest BCUT2D eigenvalue weighted by molar-refractivity contribution is 5.46. The molecule has 1 aliphatic heterocycles. The third-order valence-corrected chi connectivity index (χ3v) is 3.58. The van der Waals surface area contributed by atoms with Gasteiger partial charge >= 0.3 is 0 Å². The first-order valence-corrected chi connectivity index (χ1v) is 6.40. The van der Waals surface area contributed by atoms with Crippen LogP contribution in [0.25, 0.3) is 0 Å². The fourth-order valence-corrected chi connectivity index (χ4v) is 2.57. The summed E-state index contributed by atoms with van der Waals surface area (Å²) in [5, 5.41) is 0. The second-order valence-corrected chi connectivity index (χ2v) is 4.78. The molecule has 2 N–H and O–H groups in total. The predicted molar refractivity (Wildman–Crippen MR) is 72.0 cm³/mol.